The first-order chi connectivity index (χ1) is 7.59. The molecule has 0 N–H and O–H groups in total. The van der Waals surface area contributed by atoms with Crippen molar-refractivity contribution in [1.29, 1.82) is 0 Å². The van der Waals surface area contributed by atoms with Gasteiger partial charge in [-0.25, -0.2) is 0 Å². The van der Waals surface area contributed by atoms with Crippen LogP contribution in [-0.4, -0.2) is 33.8 Å². The molecule has 2 heterocycles. The number of halogens is 1. The number of hydrogen-bond donors (Lipinski definition) is 0. The van der Waals surface area contributed by atoms with E-state index in [9.17, 15) is 0 Å². The monoisotopic (exact) mass is 261 g/mol. The second-order valence-electron chi connectivity index (χ2n) is 4.05. The average Bonchev–Trinajstić information content (AvgIpc) is 2.71. The Morgan fingerprint density at radius 3 is 2.88 bits per heavy atom. The maximum atomic E-state index is 5.90. The highest BCUT2D eigenvalue weighted by atomic mass is 35.5. The van der Waals surface area contributed by atoms with Crippen LogP contribution in [0.3, 0.4) is 0 Å². The summed E-state index contributed by atoms with van der Waals surface area (Å²) in [5.74, 6) is 1.59. The van der Waals surface area contributed by atoms with Crippen LogP contribution < -0.4 is 4.90 Å². The molecule has 1 saturated heterocycles. The zero-order chi connectivity index (χ0) is 11.7. The van der Waals surface area contributed by atoms with Crippen molar-refractivity contribution in [2.75, 3.05) is 17.2 Å². The molecule has 3 atom stereocenters. The molecule has 2 rings (SSSR count). The first-order valence-corrected chi connectivity index (χ1v) is 6.94. The van der Waals surface area contributed by atoms with E-state index in [-0.39, 0.29) is 5.38 Å². The predicted octanol–water partition coefficient (Wildman–Crippen LogP) is 2.70. The molecule has 3 unspecified atom stereocenters. The first-order valence-electron chi connectivity index (χ1n) is 5.45. The van der Waals surface area contributed by atoms with E-state index in [0.29, 0.717) is 23.2 Å². The molecule has 1 aromatic heterocycles. The second-order valence-corrected chi connectivity index (χ2v) is 6.19. The van der Waals surface area contributed by atoms with Gasteiger partial charge in [0.2, 0.25) is 5.89 Å². The van der Waals surface area contributed by atoms with Crippen LogP contribution in [0.15, 0.2) is 4.42 Å². The van der Waals surface area contributed by atoms with E-state index in [2.05, 4.69) is 28.9 Å². The minimum atomic E-state index is -0.229. The molecular formula is C10H16ClN3OS. The molecule has 0 amide bonds. The average molecular weight is 262 g/mol. The first kappa shape index (κ1) is 12.0. The van der Waals surface area contributed by atoms with E-state index in [1.807, 2.05) is 18.7 Å². The largest absolute Gasteiger partial charge is 0.406 e. The van der Waals surface area contributed by atoms with Gasteiger partial charge in [0.15, 0.2) is 0 Å². The van der Waals surface area contributed by atoms with E-state index in [4.69, 9.17) is 16.0 Å². The van der Waals surface area contributed by atoms with E-state index in [1.165, 1.54) is 0 Å². The SMILES string of the molecule is CC(Cl)c1nnc(N2CCSC(C)C2C)o1. The van der Waals surface area contributed by atoms with E-state index in [1.54, 1.807) is 0 Å². The number of hydrogen-bond acceptors (Lipinski definition) is 5. The van der Waals surface area contributed by atoms with Gasteiger partial charge in [0.05, 0.1) is 0 Å². The zero-order valence-electron chi connectivity index (χ0n) is 9.68. The van der Waals surface area contributed by atoms with Crippen molar-refractivity contribution in [3.63, 3.8) is 0 Å². The molecule has 4 nitrogen and oxygen atoms in total. The number of rotatable bonds is 2. The van der Waals surface area contributed by atoms with Crippen LogP contribution in [0.4, 0.5) is 6.01 Å². The van der Waals surface area contributed by atoms with E-state index < -0.39 is 0 Å². The Hall–Kier alpha value is -0.420. The Balaban J connectivity index is 2.16. The van der Waals surface area contributed by atoms with Gasteiger partial charge in [-0.3, -0.25) is 0 Å². The van der Waals surface area contributed by atoms with Crippen LogP contribution in [0.2, 0.25) is 0 Å². The molecule has 90 valence electrons. The minimum Gasteiger partial charge on any atom is -0.406 e. The molecule has 0 bridgehead atoms. The van der Waals surface area contributed by atoms with Crippen LogP contribution in [0.5, 0.6) is 0 Å². The Labute approximate surface area is 105 Å². The smallest absolute Gasteiger partial charge is 0.318 e. The van der Waals surface area contributed by atoms with Crippen molar-refractivity contribution in [3.8, 4) is 0 Å². The maximum Gasteiger partial charge on any atom is 0.318 e. The van der Waals surface area contributed by atoms with Gasteiger partial charge in [0, 0.05) is 23.6 Å². The summed E-state index contributed by atoms with van der Waals surface area (Å²) in [6, 6.07) is 1.01. The Morgan fingerprint density at radius 2 is 2.25 bits per heavy atom. The van der Waals surface area contributed by atoms with Gasteiger partial charge < -0.3 is 9.32 Å². The van der Waals surface area contributed by atoms with Crippen molar-refractivity contribution in [2.24, 2.45) is 0 Å². The number of thioether (sulfide) groups is 1. The fourth-order valence-corrected chi connectivity index (χ4v) is 2.89. The molecule has 1 fully saturated rings. The molecule has 0 radical (unpaired) electrons. The van der Waals surface area contributed by atoms with Crippen molar-refractivity contribution in [2.45, 2.75) is 37.4 Å². The third kappa shape index (κ3) is 2.30. The second kappa shape index (κ2) is 4.84. The van der Waals surface area contributed by atoms with Crippen LogP contribution in [0.25, 0.3) is 0 Å². The third-order valence-electron chi connectivity index (χ3n) is 2.90. The molecule has 0 spiro atoms. The summed E-state index contributed by atoms with van der Waals surface area (Å²) < 4.78 is 5.57. The van der Waals surface area contributed by atoms with Gasteiger partial charge in [0.25, 0.3) is 0 Å². The summed E-state index contributed by atoms with van der Waals surface area (Å²) in [7, 11) is 0. The van der Waals surface area contributed by atoms with E-state index >= 15 is 0 Å². The quantitative estimate of drug-likeness (QED) is 0.766. The number of anilines is 1. The lowest BCUT2D eigenvalue weighted by Crippen LogP contribution is -2.44. The number of alkyl halides is 1. The highest BCUT2D eigenvalue weighted by Crippen LogP contribution is 2.29. The lowest BCUT2D eigenvalue weighted by atomic mass is 10.2. The molecule has 6 heteroatoms. The van der Waals surface area contributed by atoms with Crippen LogP contribution in [0.1, 0.15) is 32.0 Å². The minimum absolute atomic E-state index is 0.229. The molecule has 1 aliphatic heterocycles. The molecule has 1 aliphatic rings. The summed E-state index contributed by atoms with van der Waals surface area (Å²) in [6.45, 7) is 7.19. The van der Waals surface area contributed by atoms with Gasteiger partial charge in [-0.1, -0.05) is 12.0 Å². The molecular weight excluding hydrogens is 246 g/mol. The van der Waals surface area contributed by atoms with Gasteiger partial charge in [-0.05, 0) is 13.8 Å². The highest BCUT2D eigenvalue weighted by Gasteiger charge is 2.29. The van der Waals surface area contributed by atoms with E-state index in [0.717, 1.165) is 12.3 Å². The lowest BCUT2D eigenvalue weighted by Gasteiger charge is -2.35. The van der Waals surface area contributed by atoms with Gasteiger partial charge in [-0.15, -0.1) is 16.7 Å². The summed E-state index contributed by atoms with van der Waals surface area (Å²) in [5, 5.41) is 8.37. The van der Waals surface area contributed by atoms with Crippen LogP contribution >= 0.6 is 23.4 Å². The summed E-state index contributed by atoms with van der Waals surface area (Å²) in [6.07, 6.45) is 0. The number of aromatic nitrogens is 2. The fraction of sp³-hybridized carbons (Fsp3) is 0.800. The fourth-order valence-electron chi connectivity index (χ4n) is 1.71. The van der Waals surface area contributed by atoms with Crippen molar-refractivity contribution >= 4 is 29.4 Å². The van der Waals surface area contributed by atoms with Crippen molar-refractivity contribution in [3.05, 3.63) is 5.89 Å². The molecule has 0 saturated carbocycles. The Morgan fingerprint density at radius 1 is 1.50 bits per heavy atom. The highest BCUT2D eigenvalue weighted by molar-refractivity contribution is 8.00. The standard InChI is InChI=1S/C10H16ClN3OS/c1-6(11)9-12-13-10(15-9)14-4-5-16-8(3)7(14)2/h6-8H,4-5H2,1-3H3. The van der Waals surface area contributed by atoms with Crippen molar-refractivity contribution in [1.82, 2.24) is 10.2 Å². The summed E-state index contributed by atoms with van der Waals surface area (Å²) in [4.78, 5) is 2.16. The maximum absolute atomic E-state index is 5.90. The number of nitrogens with zero attached hydrogens (tertiary/aromatic N) is 3. The van der Waals surface area contributed by atoms with Gasteiger partial charge in [0.1, 0.15) is 5.38 Å². The summed E-state index contributed by atoms with van der Waals surface area (Å²) >= 11 is 7.88. The lowest BCUT2D eigenvalue weighted by molar-refractivity contribution is 0.465. The molecule has 16 heavy (non-hydrogen) atoms. The topological polar surface area (TPSA) is 42.2 Å². The Kier molecular flexibility index (Phi) is 3.64. The van der Waals surface area contributed by atoms with Gasteiger partial charge >= 0.3 is 6.01 Å². The van der Waals surface area contributed by atoms with Crippen LogP contribution in [-0.2, 0) is 0 Å². The van der Waals surface area contributed by atoms with Crippen molar-refractivity contribution < 1.29 is 4.42 Å². The molecule has 0 aromatic carbocycles. The normalized spacial score (nSPS) is 28.1. The third-order valence-corrected chi connectivity index (χ3v) is 4.42. The van der Waals surface area contributed by atoms with Gasteiger partial charge in [-0.2, -0.15) is 11.8 Å². The zero-order valence-corrected chi connectivity index (χ0v) is 11.3. The summed E-state index contributed by atoms with van der Waals surface area (Å²) in [5.41, 5.74) is 0. The van der Waals surface area contributed by atoms with Crippen LogP contribution in [0, 0.1) is 0 Å². The Bertz CT molecular complexity index is 358. The molecule has 0 aliphatic carbocycles. The predicted molar refractivity (Wildman–Crippen MR) is 67.3 cm³/mol. The molecule has 1 aromatic rings.